The molecule has 0 bridgehead atoms. The van der Waals surface area contributed by atoms with Crippen molar-refractivity contribution in [3.05, 3.63) is 23.3 Å². The molecule has 222 valence electrons. The summed E-state index contributed by atoms with van der Waals surface area (Å²) in [6.45, 7) is -1.29. The molecular formula is C19H18F14O5. The summed E-state index contributed by atoms with van der Waals surface area (Å²) in [5.41, 5.74) is -11.0. The first-order valence-corrected chi connectivity index (χ1v) is 9.54. The lowest BCUT2D eigenvalue weighted by atomic mass is 9.84. The molecule has 0 unspecified atom stereocenters. The summed E-state index contributed by atoms with van der Waals surface area (Å²) < 4.78 is 189. The van der Waals surface area contributed by atoms with Gasteiger partial charge in [0.15, 0.2) is 12.2 Å². The van der Waals surface area contributed by atoms with E-state index in [-0.39, 0.29) is 13.8 Å². The molecule has 0 aliphatic heterocycles. The van der Waals surface area contributed by atoms with E-state index in [2.05, 4.69) is 9.47 Å². The van der Waals surface area contributed by atoms with Gasteiger partial charge in [0.1, 0.15) is 0 Å². The van der Waals surface area contributed by atoms with E-state index >= 15 is 0 Å². The number of esters is 2. The molecular weight excluding hydrogens is 574 g/mol. The predicted molar refractivity (Wildman–Crippen MR) is 96.5 cm³/mol. The minimum absolute atomic E-state index is 0.0745. The van der Waals surface area contributed by atoms with Gasteiger partial charge in [0.05, 0.1) is 0 Å². The zero-order valence-electron chi connectivity index (χ0n) is 19.3. The van der Waals surface area contributed by atoms with Gasteiger partial charge in [0, 0.05) is 11.1 Å². The highest BCUT2D eigenvalue weighted by atomic mass is 19.4. The van der Waals surface area contributed by atoms with Gasteiger partial charge in [-0.25, -0.2) is 18.4 Å². The van der Waals surface area contributed by atoms with Crippen molar-refractivity contribution in [2.75, 3.05) is 6.61 Å². The van der Waals surface area contributed by atoms with E-state index in [1.165, 1.54) is 0 Å². The summed E-state index contributed by atoms with van der Waals surface area (Å²) in [6, 6.07) is 0. The third kappa shape index (κ3) is 6.69. The van der Waals surface area contributed by atoms with Crippen LogP contribution in [0, 0.1) is 0 Å². The third-order valence-corrected chi connectivity index (χ3v) is 4.80. The van der Waals surface area contributed by atoms with Crippen molar-refractivity contribution in [2.24, 2.45) is 0 Å². The standard InChI is InChI=1S/C19H18F14O5/c1-8(10(34)37-7-14(22,23)17(26,27)15(24,25)12(20)21)5-6-9(2)11(35)38-13(3,4)16(36,18(28,29)30)19(31,32)33/h5-6,12,36H,7H2,1-4H3/b8-5+,9-6+. The zero-order valence-corrected chi connectivity index (χ0v) is 19.3. The first kappa shape index (κ1) is 35.4. The largest absolute Gasteiger partial charge is 0.456 e. The van der Waals surface area contributed by atoms with Crippen LogP contribution < -0.4 is 0 Å². The number of allylic oxidation sites excluding steroid dienone is 2. The summed E-state index contributed by atoms with van der Waals surface area (Å²) in [4.78, 5) is 23.6. The topological polar surface area (TPSA) is 72.8 Å². The van der Waals surface area contributed by atoms with Crippen molar-refractivity contribution in [1.82, 2.24) is 0 Å². The van der Waals surface area contributed by atoms with Crippen LogP contribution in [0.1, 0.15) is 27.7 Å². The van der Waals surface area contributed by atoms with Crippen LogP contribution in [0.3, 0.4) is 0 Å². The first-order chi connectivity index (χ1) is 16.5. The van der Waals surface area contributed by atoms with Gasteiger partial charge < -0.3 is 14.6 Å². The number of hydrogen-bond acceptors (Lipinski definition) is 5. The van der Waals surface area contributed by atoms with E-state index in [1.807, 2.05) is 0 Å². The van der Waals surface area contributed by atoms with Crippen LogP contribution in [0.25, 0.3) is 0 Å². The van der Waals surface area contributed by atoms with Crippen molar-refractivity contribution in [3.8, 4) is 0 Å². The Kier molecular flexibility index (Phi) is 10.1. The van der Waals surface area contributed by atoms with Gasteiger partial charge in [-0.1, -0.05) is 12.2 Å². The highest BCUT2D eigenvalue weighted by Gasteiger charge is 2.79. The fraction of sp³-hybridized carbons (Fsp3) is 0.684. The Labute approximate surface area is 204 Å². The maximum Gasteiger partial charge on any atom is 0.430 e. The number of halogens is 14. The van der Waals surface area contributed by atoms with E-state index in [0.29, 0.717) is 26.0 Å². The molecule has 1 N–H and O–H groups in total. The Bertz CT molecular complexity index is 930. The van der Waals surface area contributed by atoms with Gasteiger partial charge in [0.2, 0.25) is 0 Å². The zero-order chi connectivity index (χ0) is 30.9. The quantitative estimate of drug-likeness (QED) is 0.151. The smallest absolute Gasteiger partial charge is 0.430 e. The van der Waals surface area contributed by atoms with Gasteiger partial charge in [-0.05, 0) is 27.7 Å². The normalized spacial score (nSPS) is 15.6. The minimum Gasteiger partial charge on any atom is -0.456 e. The molecule has 0 aliphatic rings. The Balaban J connectivity index is 5.69. The number of carbonyl (C=O) groups is 2. The van der Waals surface area contributed by atoms with Crippen LogP contribution in [-0.4, -0.2) is 71.4 Å². The van der Waals surface area contributed by atoms with Crippen molar-refractivity contribution >= 4 is 11.9 Å². The Morgan fingerprint density at radius 3 is 1.47 bits per heavy atom. The second kappa shape index (κ2) is 10.9. The fourth-order valence-electron chi connectivity index (χ4n) is 2.36. The van der Waals surface area contributed by atoms with Crippen LogP contribution in [-0.2, 0) is 19.1 Å². The molecule has 38 heavy (non-hydrogen) atoms. The van der Waals surface area contributed by atoms with E-state index in [1.54, 1.807) is 0 Å². The molecule has 0 aromatic rings. The van der Waals surface area contributed by atoms with E-state index in [4.69, 9.17) is 0 Å². The van der Waals surface area contributed by atoms with E-state index in [0.717, 1.165) is 0 Å². The molecule has 19 heteroatoms. The van der Waals surface area contributed by atoms with Crippen molar-refractivity contribution in [3.63, 3.8) is 0 Å². The molecule has 0 aromatic heterocycles. The molecule has 0 fully saturated rings. The van der Waals surface area contributed by atoms with Crippen molar-refractivity contribution < 1.29 is 85.6 Å². The molecule has 0 spiro atoms. The number of ether oxygens (including phenoxy) is 2. The first-order valence-electron chi connectivity index (χ1n) is 9.54. The Morgan fingerprint density at radius 2 is 1.13 bits per heavy atom. The van der Waals surface area contributed by atoms with Gasteiger partial charge in [0.25, 0.3) is 5.60 Å². The summed E-state index contributed by atoms with van der Waals surface area (Å²) >= 11 is 0. The Hall–Kier alpha value is -2.60. The fourth-order valence-corrected chi connectivity index (χ4v) is 2.36. The van der Waals surface area contributed by atoms with Gasteiger partial charge in [-0.2, -0.15) is 52.7 Å². The second-order valence-corrected chi connectivity index (χ2v) is 8.08. The van der Waals surface area contributed by atoms with Crippen LogP contribution in [0.5, 0.6) is 0 Å². The van der Waals surface area contributed by atoms with Crippen LogP contribution in [0.4, 0.5) is 61.5 Å². The summed E-state index contributed by atoms with van der Waals surface area (Å²) in [6.07, 6.45) is -17.1. The summed E-state index contributed by atoms with van der Waals surface area (Å²) in [7, 11) is 0. The second-order valence-electron chi connectivity index (χ2n) is 8.08. The average molecular weight is 592 g/mol. The third-order valence-electron chi connectivity index (χ3n) is 4.80. The molecule has 5 nitrogen and oxygen atoms in total. The number of carbonyl (C=O) groups excluding carboxylic acids is 2. The van der Waals surface area contributed by atoms with Gasteiger partial charge in [-0.3, -0.25) is 0 Å². The molecule has 0 saturated heterocycles. The maximum atomic E-state index is 13.4. The monoisotopic (exact) mass is 592 g/mol. The SMILES string of the molecule is C/C(=C\C=C(/C)C(=O)OC(C)(C)C(O)(C(F)(F)F)C(F)(F)F)C(=O)OCC(F)(F)C(F)(F)C(F)(F)C(F)F. The molecule has 0 radical (unpaired) electrons. The van der Waals surface area contributed by atoms with Crippen LogP contribution >= 0.6 is 0 Å². The molecule has 0 saturated carbocycles. The maximum absolute atomic E-state index is 13.4. The number of alkyl halides is 14. The lowest BCUT2D eigenvalue weighted by molar-refractivity contribution is -0.407. The summed E-state index contributed by atoms with van der Waals surface area (Å²) in [5.74, 6) is -23.1. The highest BCUT2D eigenvalue weighted by molar-refractivity contribution is 5.90. The lowest BCUT2D eigenvalue weighted by Crippen LogP contribution is -2.69. The van der Waals surface area contributed by atoms with E-state index < -0.39 is 77.4 Å². The lowest BCUT2D eigenvalue weighted by Gasteiger charge is -2.43. The number of rotatable bonds is 10. The predicted octanol–water partition coefficient (Wildman–Crippen LogP) is 5.77. The van der Waals surface area contributed by atoms with Crippen LogP contribution in [0.15, 0.2) is 23.3 Å². The Morgan fingerprint density at radius 1 is 0.763 bits per heavy atom. The highest BCUT2D eigenvalue weighted by Crippen LogP contribution is 2.51. The molecule has 0 aromatic carbocycles. The molecule has 0 amide bonds. The van der Waals surface area contributed by atoms with Gasteiger partial charge >= 0.3 is 48.5 Å². The van der Waals surface area contributed by atoms with Crippen LogP contribution in [0.2, 0.25) is 0 Å². The molecule has 0 aliphatic carbocycles. The average Bonchev–Trinajstić information content (AvgIpc) is 2.72. The molecule has 0 rings (SSSR count). The van der Waals surface area contributed by atoms with Crippen molar-refractivity contribution in [2.45, 2.75) is 75.4 Å². The minimum atomic E-state index is -6.67. The van der Waals surface area contributed by atoms with Gasteiger partial charge in [-0.15, -0.1) is 0 Å². The van der Waals surface area contributed by atoms with E-state index in [9.17, 15) is 76.2 Å². The molecule has 0 atom stereocenters. The number of aliphatic hydroxyl groups is 1. The summed E-state index contributed by atoms with van der Waals surface area (Å²) in [5, 5.41) is 9.37. The molecule has 0 heterocycles. The number of hydrogen-bond donors (Lipinski definition) is 1. The van der Waals surface area contributed by atoms with Crippen molar-refractivity contribution in [1.29, 1.82) is 0 Å².